The molecule has 0 aliphatic carbocycles. The lowest BCUT2D eigenvalue weighted by molar-refractivity contribution is 0.425. The quantitative estimate of drug-likeness (QED) is 0.872. The molecule has 1 aromatic heterocycles. The van der Waals surface area contributed by atoms with E-state index in [1.165, 1.54) is 0 Å². The topological polar surface area (TPSA) is 42.2 Å². The zero-order valence-electron chi connectivity index (χ0n) is 11.4. The van der Waals surface area contributed by atoms with Crippen LogP contribution in [0.2, 0.25) is 0 Å². The summed E-state index contributed by atoms with van der Waals surface area (Å²) in [7, 11) is 7.69. The zero-order valence-corrected chi connectivity index (χ0v) is 11.4. The Balaban J connectivity index is 2.27. The van der Waals surface area contributed by atoms with Crippen LogP contribution in [0.4, 0.5) is 5.69 Å². The van der Waals surface area contributed by atoms with Crippen LogP contribution in [0.25, 0.3) is 11.0 Å². The van der Waals surface area contributed by atoms with Crippen molar-refractivity contribution in [2.45, 2.75) is 0 Å². The lowest BCUT2D eigenvalue weighted by atomic mass is 10.2. The number of hydrogen-bond donors (Lipinski definition) is 1. The Labute approximate surface area is 107 Å². The van der Waals surface area contributed by atoms with Gasteiger partial charge in [0.15, 0.2) is 0 Å². The van der Waals surface area contributed by atoms with Gasteiger partial charge in [-0.2, -0.15) is 0 Å². The van der Waals surface area contributed by atoms with Crippen LogP contribution in [-0.4, -0.2) is 41.2 Å². The first-order chi connectivity index (χ1) is 8.50. The van der Waals surface area contributed by atoms with E-state index >= 15 is 0 Å². The highest BCUT2D eigenvalue weighted by Gasteiger charge is 2.07. The number of fused-ring (bicyclic) bond motifs is 1. The van der Waals surface area contributed by atoms with Crippen molar-refractivity contribution in [1.29, 1.82) is 0 Å². The van der Waals surface area contributed by atoms with Gasteiger partial charge in [-0.15, -0.1) is 0 Å². The molecule has 18 heavy (non-hydrogen) atoms. The SMILES string of the molecule is CN(C)CCNc1ccc2c(c1)n(C)c(=O)n2C. The van der Waals surface area contributed by atoms with E-state index in [4.69, 9.17) is 0 Å². The fraction of sp³-hybridized carbons (Fsp3) is 0.462. The number of aryl methyl sites for hydroxylation is 2. The van der Waals surface area contributed by atoms with Gasteiger partial charge in [0.2, 0.25) is 0 Å². The van der Waals surface area contributed by atoms with E-state index in [9.17, 15) is 4.79 Å². The van der Waals surface area contributed by atoms with Crippen molar-refractivity contribution in [3.63, 3.8) is 0 Å². The molecule has 1 heterocycles. The predicted octanol–water partition coefficient (Wildman–Crippen LogP) is 0.850. The Bertz CT molecular complexity index is 609. The molecule has 0 fully saturated rings. The van der Waals surface area contributed by atoms with Crippen molar-refractivity contribution in [3.8, 4) is 0 Å². The van der Waals surface area contributed by atoms with Crippen molar-refractivity contribution in [2.75, 3.05) is 32.5 Å². The smallest absolute Gasteiger partial charge is 0.328 e. The normalized spacial score (nSPS) is 11.4. The van der Waals surface area contributed by atoms with E-state index in [0.29, 0.717) is 0 Å². The third-order valence-corrected chi connectivity index (χ3v) is 3.16. The van der Waals surface area contributed by atoms with Crippen molar-refractivity contribution in [2.24, 2.45) is 14.1 Å². The Morgan fingerprint density at radius 3 is 2.50 bits per heavy atom. The van der Waals surface area contributed by atoms with Gasteiger partial charge in [-0.25, -0.2) is 4.79 Å². The Morgan fingerprint density at radius 2 is 1.83 bits per heavy atom. The van der Waals surface area contributed by atoms with Gasteiger partial charge in [-0.05, 0) is 32.3 Å². The molecule has 0 aliphatic heterocycles. The molecule has 0 radical (unpaired) electrons. The number of imidazole rings is 1. The van der Waals surface area contributed by atoms with Gasteiger partial charge in [-0.1, -0.05) is 0 Å². The highest BCUT2D eigenvalue weighted by atomic mass is 16.1. The molecule has 0 unspecified atom stereocenters. The number of hydrogen-bond acceptors (Lipinski definition) is 3. The highest BCUT2D eigenvalue weighted by molar-refractivity contribution is 5.80. The van der Waals surface area contributed by atoms with Crippen molar-refractivity contribution < 1.29 is 0 Å². The fourth-order valence-electron chi connectivity index (χ4n) is 2.04. The van der Waals surface area contributed by atoms with Gasteiger partial charge in [0.1, 0.15) is 0 Å². The summed E-state index contributed by atoms with van der Waals surface area (Å²) in [5.74, 6) is 0. The van der Waals surface area contributed by atoms with Gasteiger partial charge in [-0.3, -0.25) is 9.13 Å². The minimum absolute atomic E-state index is 0.00967. The first-order valence-corrected chi connectivity index (χ1v) is 6.05. The number of anilines is 1. The van der Waals surface area contributed by atoms with E-state index in [1.807, 2.05) is 32.3 Å². The maximum absolute atomic E-state index is 11.8. The van der Waals surface area contributed by atoms with Gasteiger partial charge in [0, 0.05) is 32.9 Å². The largest absolute Gasteiger partial charge is 0.384 e. The molecule has 2 aromatic rings. The summed E-state index contributed by atoms with van der Waals surface area (Å²) in [4.78, 5) is 13.9. The number of benzene rings is 1. The second-order valence-electron chi connectivity index (χ2n) is 4.83. The first kappa shape index (κ1) is 12.7. The van der Waals surface area contributed by atoms with Crippen molar-refractivity contribution in [3.05, 3.63) is 28.7 Å². The average Bonchev–Trinajstić information content (AvgIpc) is 2.54. The average molecular weight is 248 g/mol. The lowest BCUT2D eigenvalue weighted by Gasteiger charge is -2.11. The molecule has 2 rings (SSSR count). The van der Waals surface area contributed by atoms with Crippen LogP contribution in [0.15, 0.2) is 23.0 Å². The van der Waals surface area contributed by atoms with E-state index in [2.05, 4.69) is 10.2 Å². The van der Waals surface area contributed by atoms with E-state index in [-0.39, 0.29) is 5.69 Å². The zero-order chi connectivity index (χ0) is 13.3. The van der Waals surface area contributed by atoms with Crippen LogP contribution >= 0.6 is 0 Å². The predicted molar refractivity (Wildman–Crippen MR) is 75.2 cm³/mol. The van der Waals surface area contributed by atoms with Gasteiger partial charge in [0.05, 0.1) is 11.0 Å². The van der Waals surface area contributed by atoms with Crippen LogP contribution < -0.4 is 11.0 Å². The molecule has 0 amide bonds. The summed E-state index contributed by atoms with van der Waals surface area (Å²) in [5.41, 5.74) is 2.97. The number of likely N-dealkylation sites (N-methyl/N-ethyl adjacent to an activating group) is 1. The number of nitrogens with one attached hydrogen (secondary N) is 1. The number of aromatic nitrogens is 2. The van der Waals surface area contributed by atoms with Gasteiger partial charge >= 0.3 is 5.69 Å². The summed E-state index contributed by atoms with van der Waals surface area (Å²) in [6.07, 6.45) is 0. The summed E-state index contributed by atoms with van der Waals surface area (Å²) < 4.78 is 3.34. The standard InChI is InChI=1S/C13H20N4O/c1-15(2)8-7-14-10-5-6-11-12(9-10)17(4)13(18)16(11)3/h5-6,9,14H,7-8H2,1-4H3. The maximum atomic E-state index is 11.8. The minimum atomic E-state index is 0.00967. The molecule has 0 spiro atoms. The van der Waals surface area contributed by atoms with Crippen LogP contribution in [0.1, 0.15) is 0 Å². The van der Waals surface area contributed by atoms with E-state index < -0.39 is 0 Å². The third-order valence-electron chi connectivity index (χ3n) is 3.16. The molecule has 5 heteroatoms. The monoisotopic (exact) mass is 248 g/mol. The molecule has 0 saturated heterocycles. The summed E-state index contributed by atoms with van der Waals surface area (Å²) >= 11 is 0. The minimum Gasteiger partial charge on any atom is -0.384 e. The van der Waals surface area contributed by atoms with E-state index in [1.54, 1.807) is 23.2 Å². The third kappa shape index (κ3) is 2.26. The maximum Gasteiger partial charge on any atom is 0.328 e. The summed E-state index contributed by atoms with van der Waals surface area (Å²) in [6.45, 7) is 1.87. The van der Waals surface area contributed by atoms with Gasteiger partial charge in [0.25, 0.3) is 0 Å². The fourth-order valence-corrected chi connectivity index (χ4v) is 2.04. The van der Waals surface area contributed by atoms with Crippen LogP contribution in [-0.2, 0) is 14.1 Å². The lowest BCUT2D eigenvalue weighted by Crippen LogP contribution is -2.20. The molecule has 0 aliphatic rings. The van der Waals surface area contributed by atoms with Crippen LogP contribution in [0.5, 0.6) is 0 Å². The first-order valence-electron chi connectivity index (χ1n) is 6.05. The second-order valence-corrected chi connectivity index (χ2v) is 4.83. The Kier molecular flexibility index (Phi) is 3.43. The van der Waals surface area contributed by atoms with Gasteiger partial charge < -0.3 is 10.2 Å². The van der Waals surface area contributed by atoms with Crippen LogP contribution in [0, 0.1) is 0 Å². The second kappa shape index (κ2) is 4.86. The van der Waals surface area contributed by atoms with E-state index in [0.717, 1.165) is 29.8 Å². The molecule has 0 saturated carbocycles. The molecule has 1 aromatic carbocycles. The summed E-state index contributed by atoms with van der Waals surface area (Å²) in [6, 6.07) is 6.01. The molecular weight excluding hydrogens is 228 g/mol. The molecule has 1 N–H and O–H groups in total. The number of nitrogens with zero attached hydrogens (tertiary/aromatic N) is 3. The van der Waals surface area contributed by atoms with Crippen LogP contribution in [0.3, 0.4) is 0 Å². The Morgan fingerprint density at radius 1 is 1.17 bits per heavy atom. The summed E-state index contributed by atoms with van der Waals surface area (Å²) in [5, 5.41) is 3.36. The molecular formula is C13H20N4O. The highest BCUT2D eigenvalue weighted by Crippen LogP contribution is 2.17. The van der Waals surface area contributed by atoms with Crippen molar-refractivity contribution in [1.82, 2.24) is 14.0 Å². The van der Waals surface area contributed by atoms with Crippen molar-refractivity contribution >= 4 is 16.7 Å². The molecule has 0 atom stereocenters. The molecule has 98 valence electrons. The number of rotatable bonds is 4. The Hall–Kier alpha value is -1.75. The molecule has 5 nitrogen and oxygen atoms in total. The molecule has 0 bridgehead atoms.